The summed E-state index contributed by atoms with van der Waals surface area (Å²) in [5.74, 6) is 0.259. The molecule has 1 aromatic carbocycles. The fourth-order valence-corrected chi connectivity index (χ4v) is 3.00. The van der Waals surface area contributed by atoms with Gasteiger partial charge in [-0.1, -0.05) is 17.2 Å². The van der Waals surface area contributed by atoms with E-state index in [4.69, 9.17) is 0 Å². The maximum absolute atomic E-state index is 12.3. The van der Waals surface area contributed by atoms with Crippen molar-refractivity contribution in [1.82, 2.24) is 9.80 Å². The Morgan fingerprint density at radius 3 is 2.33 bits per heavy atom. The number of benzene rings is 1. The Labute approximate surface area is 128 Å². The summed E-state index contributed by atoms with van der Waals surface area (Å²) < 4.78 is 0. The van der Waals surface area contributed by atoms with Crippen molar-refractivity contribution >= 4 is 5.78 Å². The van der Waals surface area contributed by atoms with Crippen LogP contribution < -0.4 is 0 Å². The summed E-state index contributed by atoms with van der Waals surface area (Å²) in [7, 11) is 2.12. The van der Waals surface area contributed by atoms with E-state index in [0.29, 0.717) is 6.42 Å². The van der Waals surface area contributed by atoms with Gasteiger partial charge in [0, 0.05) is 31.6 Å². The summed E-state index contributed by atoms with van der Waals surface area (Å²) in [5, 5.41) is 0. The lowest BCUT2D eigenvalue weighted by molar-refractivity contribution is 0.0967. The molecule has 0 saturated carbocycles. The van der Waals surface area contributed by atoms with Crippen molar-refractivity contribution in [2.75, 3.05) is 39.8 Å². The van der Waals surface area contributed by atoms with Crippen LogP contribution in [0.5, 0.6) is 0 Å². The fraction of sp³-hybridized carbons (Fsp3) is 0.611. The normalized spacial score (nSPS) is 15.8. The summed E-state index contributed by atoms with van der Waals surface area (Å²) >= 11 is 0. The molecule has 0 aromatic heterocycles. The number of carbonyl (C=O) groups is 1. The van der Waals surface area contributed by atoms with Crippen LogP contribution in [0, 0.1) is 13.8 Å². The second kappa shape index (κ2) is 7.71. The Balaban J connectivity index is 1.74. The van der Waals surface area contributed by atoms with Crippen molar-refractivity contribution in [2.24, 2.45) is 0 Å². The minimum Gasteiger partial charge on any atom is -0.305 e. The lowest BCUT2D eigenvalue weighted by atomic mass is 10.0. The number of ketones is 1. The molecule has 0 radical (unpaired) electrons. The number of nitrogens with zero attached hydrogens (tertiary/aromatic N) is 2. The van der Waals surface area contributed by atoms with Gasteiger partial charge in [-0.05, 0) is 59.0 Å². The quantitative estimate of drug-likeness (QED) is 0.721. The van der Waals surface area contributed by atoms with E-state index in [9.17, 15) is 4.79 Å². The smallest absolute Gasteiger partial charge is 0.164 e. The van der Waals surface area contributed by atoms with E-state index >= 15 is 0 Å². The van der Waals surface area contributed by atoms with Gasteiger partial charge < -0.3 is 9.80 Å². The molecule has 1 saturated heterocycles. The molecule has 1 heterocycles. The van der Waals surface area contributed by atoms with Crippen LogP contribution >= 0.6 is 0 Å². The second-order valence-corrected chi connectivity index (χ2v) is 6.40. The van der Waals surface area contributed by atoms with Crippen molar-refractivity contribution in [3.8, 4) is 0 Å². The monoisotopic (exact) mass is 288 g/mol. The number of likely N-dealkylation sites (tertiary alicyclic amines) is 1. The number of carbonyl (C=O) groups excluding carboxylic acids is 1. The van der Waals surface area contributed by atoms with E-state index in [1.54, 1.807) is 0 Å². The molecular formula is C18H28N2O. The molecule has 1 aromatic rings. The third-order valence-corrected chi connectivity index (χ3v) is 4.26. The highest BCUT2D eigenvalue weighted by Crippen LogP contribution is 2.11. The van der Waals surface area contributed by atoms with Crippen molar-refractivity contribution in [2.45, 2.75) is 33.1 Å². The molecule has 116 valence electrons. The van der Waals surface area contributed by atoms with Crippen molar-refractivity contribution in [1.29, 1.82) is 0 Å². The predicted molar refractivity (Wildman–Crippen MR) is 88.0 cm³/mol. The molecule has 1 fully saturated rings. The molecule has 2 rings (SSSR count). The Hall–Kier alpha value is -1.19. The SMILES string of the molecule is Cc1cc(C)cc(C(=O)CCN(C)CCN2CCCC2)c1. The Bertz CT molecular complexity index is 458. The highest BCUT2D eigenvalue weighted by Gasteiger charge is 2.13. The summed E-state index contributed by atoms with van der Waals surface area (Å²) in [4.78, 5) is 17.1. The average Bonchev–Trinajstić information content (AvgIpc) is 2.94. The highest BCUT2D eigenvalue weighted by molar-refractivity contribution is 5.96. The Morgan fingerprint density at radius 1 is 1.10 bits per heavy atom. The lowest BCUT2D eigenvalue weighted by Gasteiger charge is -2.21. The number of hydrogen-bond donors (Lipinski definition) is 0. The minimum atomic E-state index is 0.259. The maximum atomic E-state index is 12.3. The van der Waals surface area contributed by atoms with Crippen LogP contribution in [0.2, 0.25) is 0 Å². The number of hydrogen-bond acceptors (Lipinski definition) is 3. The standard InChI is InChI=1S/C18H28N2O/c1-15-12-16(2)14-17(13-15)18(21)6-9-19(3)10-11-20-7-4-5-8-20/h12-14H,4-11H2,1-3H3. The van der Waals surface area contributed by atoms with Crippen molar-refractivity contribution in [3.05, 3.63) is 34.9 Å². The molecule has 3 nitrogen and oxygen atoms in total. The topological polar surface area (TPSA) is 23.6 Å². The summed E-state index contributed by atoms with van der Waals surface area (Å²) in [5.41, 5.74) is 3.20. The van der Waals surface area contributed by atoms with Crippen molar-refractivity contribution in [3.63, 3.8) is 0 Å². The minimum absolute atomic E-state index is 0.259. The van der Waals surface area contributed by atoms with Crippen LogP contribution in [0.25, 0.3) is 0 Å². The third kappa shape index (κ3) is 5.25. The summed E-state index contributed by atoms with van der Waals surface area (Å²) in [6.45, 7) is 9.62. The molecule has 0 amide bonds. The second-order valence-electron chi connectivity index (χ2n) is 6.40. The van der Waals surface area contributed by atoms with Gasteiger partial charge >= 0.3 is 0 Å². The first-order chi connectivity index (χ1) is 10.0. The number of aryl methyl sites for hydroxylation is 2. The average molecular weight is 288 g/mol. The first kappa shape index (κ1) is 16.2. The molecule has 0 atom stereocenters. The number of likely N-dealkylation sites (N-methyl/N-ethyl adjacent to an activating group) is 1. The molecule has 3 heteroatoms. The van der Waals surface area contributed by atoms with Gasteiger partial charge in [-0.2, -0.15) is 0 Å². The van der Waals surface area contributed by atoms with Crippen LogP contribution in [0.3, 0.4) is 0 Å². The lowest BCUT2D eigenvalue weighted by Crippen LogP contribution is -2.32. The van der Waals surface area contributed by atoms with E-state index in [1.165, 1.54) is 37.1 Å². The Morgan fingerprint density at radius 2 is 1.71 bits per heavy atom. The van der Waals surface area contributed by atoms with Gasteiger partial charge in [-0.3, -0.25) is 4.79 Å². The van der Waals surface area contributed by atoms with E-state index in [0.717, 1.165) is 25.2 Å². The third-order valence-electron chi connectivity index (χ3n) is 4.26. The van der Waals surface area contributed by atoms with Gasteiger partial charge in [-0.25, -0.2) is 0 Å². The van der Waals surface area contributed by atoms with Crippen LogP contribution in [-0.4, -0.2) is 55.4 Å². The van der Waals surface area contributed by atoms with E-state index in [-0.39, 0.29) is 5.78 Å². The van der Waals surface area contributed by atoms with Gasteiger partial charge in [0.05, 0.1) is 0 Å². The van der Waals surface area contributed by atoms with E-state index in [1.807, 2.05) is 26.0 Å². The highest BCUT2D eigenvalue weighted by atomic mass is 16.1. The molecular weight excluding hydrogens is 260 g/mol. The van der Waals surface area contributed by atoms with Crippen LogP contribution in [0.4, 0.5) is 0 Å². The van der Waals surface area contributed by atoms with Gasteiger partial charge in [0.2, 0.25) is 0 Å². The van der Waals surface area contributed by atoms with Gasteiger partial charge in [0.1, 0.15) is 0 Å². The van der Waals surface area contributed by atoms with E-state index in [2.05, 4.69) is 22.9 Å². The van der Waals surface area contributed by atoms with Crippen LogP contribution in [0.15, 0.2) is 18.2 Å². The van der Waals surface area contributed by atoms with E-state index < -0.39 is 0 Å². The molecule has 0 aliphatic carbocycles. The molecule has 0 bridgehead atoms. The first-order valence-corrected chi connectivity index (χ1v) is 8.07. The maximum Gasteiger partial charge on any atom is 0.164 e. The zero-order valence-corrected chi connectivity index (χ0v) is 13.7. The number of rotatable bonds is 7. The van der Waals surface area contributed by atoms with Crippen LogP contribution in [0.1, 0.15) is 40.7 Å². The molecule has 0 spiro atoms. The fourth-order valence-electron chi connectivity index (χ4n) is 3.00. The summed E-state index contributed by atoms with van der Waals surface area (Å²) in [6, 6.07) is 6.11. The van der Waals surface area contributed by atoms with Crippen LogP contribution in [-0.2, 0) is 0 Å². The first-order valence-electron chi connectivity index (χ1n) is 8.07. The summed E-state index contributed by atoms with van der Waals surface area (Å²) in [6.07, 6.45) is 3.29. The van der Waals surface area contributed by atoms with Gasteiger partial charge in [-0.15, -0.1) is 0 Å². The Kier molecular flexibility index (Phi) is 5.95. The predicted octanol–water partition coefficient (Wildman–Crippen LogP) is 2.90. The molecule has 0 N–H and O–H groups in total. The zero-order valence-electron chi connectivity index (χ0n) is 13.7. The largest absolute Gasteiger partial charge is 0.305 e. The van der Waals surface area contributed by atoms with Gasteiger partial charge in [0.15, 0.2) is 5.78 Å². The number of Topliss-reactive ketones (excluding diaryl/α,β-unsaturated/α-hetero) is 1. The molecule has 1 aliphatic rings. The molecule has 0 unspecified atom stereocenters. The van der Waals surface area contributed by atoms with Crippen molar-refractivity contribution < 1.29 is 4.79 Å². The molecule has 21 heavy (non-hydrogen) atoms. The molecule has 1 aliphatic heterocycles. The van der Waals surface area contributed by atoms with Gasteiger partial charge in [0.25, 0.3) is 0 Å². The zero-order chi connectivity index (χ0) is 15.2.